The molecule has 1 unspecified atom stereocenters. The molecule has 2 N–H and O–H groups in total. The first-order valence-electron chi connectivity index (χ1n) is 8.07. The number of imidazole rings is 1. The molecule has 118 valence electrons. The average Bonchev–Trinajstić information content (AvgIpc) is 2.85. The summed E-state index contributed by atoms with van der Waals surface area (Å²) >= 11 is 0. The third-order valence-corrected chi connectivity index (χ3v) is 4.15. The van der Waals surface area contributed by atoms with E-state index < -0.39 is 0 Å². The maximum absolute atomic E-state index is 12.1. The van der Waals surface area contributed by atoms with Crippen molar-refractivity contribution in [1.29, 1.82) is 0 Å². The number of rotatable bonds is 5. The van der Waals surface area contributed by atoms with Crippen LogP contribution in [0.3, 0.4) is 0 Å². The first-order chi connectivity index (χ1) is 10.0. The van der Waals surface area contributed by atoms with Gasteiger partial charge in [-0.3, -0.25) is 4.79 Å². The number of aromatic nitrogens is 2. The Labute approximate surface area is 127 Å². The second-order valence-corrected chi connectivity index (χ2v) is 6.27. The van der Waals surface area contributed by atoms with E-state index in [4.69, 9.17) is 0 Å². The van der Waals surface area contributed by atoms with Gasteiger partial charge in [0, 0.05) is 43.7 Å². The standard InChI is InChI=1S/C16H28N4O/c1-5-15-18-12(4)14(19-15)9-17-13-7-6-8-20(10-13)16(21)11(2)3/h11,13,17H,5-10H2,1-4H3,(H,18,19). The highest BCUT2D eigenvalue weighted by Crippen LogP contribution is 2.14. The number of H-pyrrole nitrogens is 1. The molecule has 1 amide bonds. The number of hydrogen-bond donors (Lipinski definition) is 2. The monoisotopic (exact) mass is 292 g/mol. The van der Waals surface area contributed by atoms with Gasteiger partial charge in [0.05, 0.1) is 5.69 Å². The number of hydrogen-bond acceptors (Lipinski definition) is 3. The van der Waals surface area contributed by atoms with Crippen molar-refractivity contribution >= 4 is 5.91 Å². The second-order valence-electron chi connectivity index (χ2n) is 6.27. The van der Waals surface area contributed by atoms with Gasteiger partial charge in [-0.1, -0.05) is 20.8 Å². The van der Waals surface area contributed by atoms with E-state index in [0.29, 0.717) is 6.04 Å². The number of aromatic amines is 1. The lowest BCUT2D eigenvalue weighted by molar-refractivity contribution is -0.135. The van der Waals surface area contributed by atoms with E-state index in [1.54, 1.807) is 0 Å². The molecule has 1 saturated heterocycles. The third kappa shape index (κ3) is 4.06. The number of aryl methyl sites for hydroxylation is 2. The number of piperidine rings is 1. The van der Waals surface area contributed by atoms with Crippen LogP contribution in [0.15, 0.2) is 0 Å². The Morgan fingerprint density at radius 3 is 2.90 bits per heavy atom. The minimum atomic E-state index is 0.0875. The molecule has 1 aliphatic rings. The Balaban J connectivity index is 1.88. The van der Waals surface area contributed by atoms with Gasteiger partial charge < -0.3 is 15.2 Å². The Morgan fingerprint density at radius 1 is 1.52 bits per heavy atom. The fourth-order valence-electron chi connectivity index (χ4n) is 2.85. The summed E-state index contributed by atoms with van der Waals surface area (Å²) in [6.45, 7) is 10.6. The molecule has 1 fully saturated rings. The van der Waals surface area contributed by atoms with Crippen LogP contribution in [0.2, 0.25) is 0 Å². The van der Waals surface area contributed by atoms with E-state index in [2.05, 4.69) is 29.1 Å². The summed E-state index contributed by atoms with van der Waals surface area (Å²) in [6.07, 6.45) is 3.14. The number of nitrogens with one attached hydrogen (secondary N) is 2. The molecule has 5 nitrogen and oxygen atoms in total. The van der Waals surface area contributed by atoms with E-state index in [-0.39, 0.29) is 11.8 Å². The molecule has 5 heteroatoms. The van der Waals surface area contributed by atoms with E-state index in [1.165, 1.54) is 0 Å². The van der Waals surface area contributed by atoms with Gasteiger partial charge in [0.1, 0.15) is 5.82 Å². The van der Waals surface area contributed by atoms with E-state index >= 15 is 0 Å². The van der Waals surface area contributed by atoms with Crippen LogP contribution in [0.25, 0.3) is 0 Å². The summed E-state index contributed by atoms with van der Waals surface area (Å²) in [5.41, 5.74) is 2.24. The van der Waals surface area contributed by atoms with Crippen molar-refractivity contribution in [2.45, 2.75) is 59.5 Å². The van der Waals surface area contributed by atoms with Crippen molar-refractivity contribution in [3.05, 3.63) is 17.2 Å². The van der Waals surface area contributed by atoms with Gasteiger partial charge in [-0.15, -0.1) is 0 Å². The molecule has 0 aliphatic carbocycles. The van der Waals surface area contributed by atoms with Crippen LogP contribution in [0.1, 0.15) is 50.8 Å². The molecule has 1 atom stereocenters. The fraction of sp³-hybridized carbons (Fsp3) is 0.750. The topological polar surface area (TPSA) is 61.0 Å². The Hall–Kier alpha value is -1.36. The highest BCUT2D eigenvalue weighted by molar-refractivity contribution is 5.78. The molecule has 1 aromatic heterocycles. The molecule has 2 heterocycles. The van der Waals surface area contributed by atoms with Gasteiger partial charge in [-0.2, -0.15) is 0 Å². The Kier molecular flexibility index (Phi) is 5.39. The van der Waals surface area contributed by atoms with Crippen molar-refractivity contribution in [1.82, 2.24) is 20.2 Å². The van der Waals surface area contributed by atoms with E-state index in [1.807, 2.05) is 18.7 Å². The summed E-state index contributed by atoms with van der Waals surface area (Å²) in [5.74, 6) is 1.40. The summed E-state index contributed by atoms with van der Waals surface area (Å²) in [7, 11) is 0. The summed E-state index contributed by atoms with van der Waals surface area (Å²) < 4.78 is 0. The molecule has 1 aliphatic heterocycles. The van der Waals surface area contributed by atoms with Gasteiger partial charge >= 0.3 is 0 Å². The highest BCUT2D eigenvalue weighted by atomic mass is 16.2. The van der Waals surface area contributed by atoms with E-state index in [9.17, 15) is 4.79 Å². The molecular weight excluding hydrogens is 264 g/mol. The lowest BCUT2D eigenvalue weighted by Gasteiger charge is -2.34. The largest absolute Gasteiger partial charge is 0.346 e. The Morgan fingerprint density at radius 2 is 2.29 bits per heavy atom. The maximum atomic E-state index is 12.1. The van der Waals surface area contributed by atoms with Crippen LogP contribution in [-0.4, -0.2) is 39.9 Å². The molecule has 0 saturated carbocycles. The number of carbonyl (C=O) groups excluding carboxylic acids is 1. The number of likely N-dealkylation sites (tertiary alicyclic amines) is 1. The Bertz CT molecular complexity index is 481. The van der Waals surface area contributed by atoms with Crippen LogP contribution >= 0.6 is 0 Å². The zero-order valence-corrected chi connectivity index (χ0v) is 13.7. The lowest BCUT2D eigenvalue weighted by Crippen LogP contribution is -2.48. The van der Waals surface area contributed by atoms with Crippen molar-refractivity contribution in [2.24, 2.45) is 5.92 Å². The number of carbonyl (C=O) groups is 1. The zero-order chi connectivity index (χ0) is 15.4. The summed E-state index contributed by atoms with van der Waals surface area (Å²) in [6, 6.07) is 0.377. The average molecular weight is 292 g/mol. The van der Waals surface area contributed by atoms with Gasteiger partial charge in [0.15, 0.2) is 0 Å². The van der Waals surface area contributed by atoms with Crippen molar-refractivity contribution in [3.63, 3.8) is 0 Å². The second kappa shape index (κ2) is 7.07. The molecule has 0 spiro atoms. The van der Waals surface area contributed by atoms with Gasteiger partial charge in [0.2, 0.25) is 5.91 Å². The minimum absolute atomic E-state index is 0.0875. The van der Waals surface area contributed by atoms with Gasteiger partial charge in [-0.25, -0.2) is 4.98 Å². The van der Waals surface area contributed by atoms with Crippen molar-refractivity contribution < 1.29 is 4.79 Å². The van der Waals surface area contributed by atoms with Gasteiger partial charge in [0.25, 0.3) is 0 Å². The number of amides is 1. The fourth-order valence-corrected chi connectivity index (χ4v) is 2.85. The summed E-state index contributed by atoms with van der Waals surface area (Å²) in [4.78, 5) is 22.0. The van der Waals surface area contributed by atoms with Crippen molar-refractivity contribution in [2.75, 3.05) is 13.1 Å². The van der Waals surface area contributed by atoms with Crippen LogP contribution in [0.4, 0.5) is 0 Å². The lowest BCUT2D eigenvalue weighted by atomic mass is 10.0. The SMILES string of the molecule is CCc1nc(CNC2CCCN(C(=O)C(C)C)C2)c(C)[nH]1. The third-order valence-electron chi connectivity index (χ3n) is 4.15. The first-order valence-corrected chi connectivity index (χ1v) is 8.07. The molecule has 0 bridgehead atoms. The van der Waals surface area contributed by atoms with Gasteiger partial charge in [-0.05, 0) is 19.8 Å². The smallest absolute Gasteiger partial charge is 0.225 e. The summed E-state index contributed by atoms with van der Waals surface area (Å²) in [5, 5.41) is 3.56. The zero-order valence-electron chi connectivity index (χ0n) is 13.7. The number of nitrogens with zero attached hydrogens (tertiary/aromatic N) is 2. The molecular formula is C16H28N4O. The molecule has 0 radical (unpaired) electrons. The molecule has 21 heavy (non-hydrogen) atoms. The first kappa shape index (κ1) is 16.0. The molecule has 2 rings (SSSR count). The highest BCUT2D eigenvalue weighted by Gasteiger charge is 2.24. The maximum Gasteiger partial charge on any atom is 0.225 e. The minimum Gasteiger partial charge on any atom is -0.346 e. The van der Waals surface area contributed by atoms with Crippen LogP contribution < -0.4 is 5.32 Å². The quantitative estimate of drug-likeness (QED) is 0.873. The molecule has 1 aromatic rings. The van der Waals surface area contributed by atoms with Crippen molar-refractivity contribution in [3.8, 4) is 0 Å². The normalized spacial score (nSPS) is 19.3. The van der Waals surface area contributed by atoms with Crippen LogP contribution in [0, 0.1) is 12.8 Å². The van der Waals surface area contributed by atoms with Crippen LogP contribution in [0.5, 0.6) is 0 Å². The predicted molar refractivity (Wildman–Crippen MR) is 84.0 cm³/mol. The van der Waals surface area contributed by atoms with E-state index in [0.717, 1.165) is 56.1 Å². The predicted octanol–water partition coefficient (Wildman–Crippen LogP) is 2.02. The molecule has 0 aromatic carbocycles. The van der Waals surface area contributed by atoms with Crippen LogP contribution in [-0.2, 0) is 17.8 Å².